The van der Waals surface area contributed by atoms with Gasteiger partial charge >= 0.3 is 12.2 Å². The number of anilines is 2. The molecule has 212 valence electrons. The molecule has 0 N–H and O–H groups in total. The van der Waals surface area contributed by atoms with Gasteiger partial charge < -0.3 is 9.80 Å². The van der Waals surface area contributed by atoms with Crippen LogP contribution in [0.1, 0.15) is 54.2 Å². The average Bonchev–Trinajstić information content (AvgIpc) is 3.68. The molecule has 6 rings (SSSR count). The number of para-hydroxylation sites is 1. The van der Waals surface area contributed by atoms with Crippen molar-refractivity contribution in [3.05, 3.63) is 76.7 Å². The number of fused-ring (bicyclic) bond motifs is 1. The lowest BCUT2D eigenvalue weighted by molar-refractivity contribution is -0.138. The van der Waals surface area contributed by atoms with Gasteiger partial charge in [0.1, 0.15) is 5.82 Å². The molecule has 1 aromatic heterocycles. The quantitative estimate of drug-likeness (QED) is 0.311. The number of hydrogen-bond donors (Lipinski definition) is 0. The van der Waals surface area contributed by atoms with Gasteiger partial charge in [-0.25, -0.2) is 18.3 Å². The molecule has 1 aliphatic carbocycles. The highest BCUT2D eigenvalue weighted by molar-refractivity contribution is 5.94. The summed E-state index contributed by atoms with van der Waals surface area (Å²) < 4.78 is 72.2. The predicted octanol–water partition coefficient (Wildman–Crippen LogP) is 6.84. The summed E-state index contributed by atoms with van der Waals surface area (Å²) in [5.41, 5.74) is 1.09. The minimum absolute atomic E-state index is 0.0606. The Hall–Kier alpha value is -3.63. The maximum atomic E-state index is 15.0. The van der Waals surface area contributed by atoms with Crippen LogP contribution < -0.4 is 9.80 Å². The molecule has 0 spiro atoms. The van der Waals surface area contributed by atoms with Gasteiger partial charge in [0.15, 0.2) is 12.1 Å². The first-order valence-corrected chi connectivity index (χ1v) is 13.6. The summed E-state index contributed by atoms with van der Waals surface area (Å²) in [6.45, 7) is 2.74. The number of halogens is 5. The van der Waals surface area contributed by atoms with Crippen molar-refractivity contribution in [3.8, 4) is 0 Å². The second kappa shape index (κ2) is 10.1. The largest absolute Gasteiger partial charge is 0.416 e. The van der Waals surface area contributed by atoms with Crippen LogP contribution in [0.25, 0.3) is 0 Å². The minimum Gasteiger partial charge on any atom is -0.369 e. The summed E-state index contributed by atoms with van der Waals surface area (Å²) in [5.74, 6) is -0.241. The normalized spacial score (nSPS) is 19.2. The number of aromatic nitrogens is 2. The first-order chi connectivity index (χ1) is 19.1. The van der Waals surface area contributed by atoms with Gasteiger partial charge in [-0.15, -0.1) is 0 Å². The molecule has 1 unspecified atom stereocenters. The number of rotatable bonds is 6. The molecule has 40 heavy (non-hydrogen) atoms. The van der Waals surface area contributed by atoms with Gasteiger partial charge in [-0.3, -0.25) is 4.90 Å². The lowest BCUT2D eigenvalue weighted by Crippen LogP contribution is -2.54. The molecule has 0 bridgehead atoms. The number of benzene rings is 2. The van der Waals surface area contributed by atoms with Crippen LogP contribution in [-0.2, 0) is 19.3 Å². The number of urea groups is 1. The second-order valence-electron chi connectivity index (χ2n) is 10.9. The molecule has 6 nitrogen and oxygen atoms in total. The third-order valence-electron chi connectivity index (χ3n) is 8.18. The molecule has 1 saturated carbocycles. The van der Waals surface area contributed by atoms with Gasteiger partial charge in [0.25, 0.3) is 0 Å². The van der Waals surface area contributed by atoms with Crippen LogP contribution in [0.5, 0.6) is 0 Å². The van der Waals surface area contributed by atoms with E-state index in [1.165, 1.54) is 33.8 Å². The summed E-state index contributed by atoms with van der Waals surface area (Å²) in [7, 11) is 0. The molecule has 2 amide bonds. The van der Waals surface area contributed by atoms with Gasteiger partial charge in [-0.2, -0.15) is 18.3 Å². The molecule has 3 aliphatic rings. The molecule has 0 radical (unpaired) electrons. The van der Waals surface area contributed by atoms with Crippen LogP contribution >= 0.6 is 0 Å². The van der Waals surface area contributed by atoms with E-state index >= 15 is 0 Å². The van der Waals surface area contributed by atoms with Crippen LogP contribution in [-0.4, -0.2) is 39.8 Å². The van der Waals surface area contributed by atoms with Crippen molar-refractivity contribution in [2.75, 3.05) is 22.9 Å². The summed E-state index contributed by atoms with van der Waals surface area (Å²) in [5, 5.41) is 4.37. The van der Waals surface area contributed by atoms with Crippen LogP contribution in [0, 0.1) is 18.7 Å². The van der Waals surface area contributed by atoms with Crippen LogP contribution in [0.4, 0.5) is 38.3 Å². The number of amides is 2. The Bertz CT molecular complexity index is 1390. The van der Waals surface area contributed by atoms with Gasteiger partial charge in [0.2, 0.25) is 0 Å². The highest BCUT2D eigenvalue weighted by atomic mass is 19.4. The molecule has 2 fully saturated rings. The molecule has 1 saturated heterocycles. The number of nitrogens with zero attached hydrogens (tertiary/aromatic N) is 5. The van der Waals surface area contributed by atoms with Crippen molar-refractivity contribution in [3.63, 3.8) is 0 Å². The van der Waals surface area contributed by atoms with Gasteiger partial charge in [-0.05, 0) is 55.9 Å². The molecule has 1 atom stereocenters. The van der Waals surface area contributed by atoms with E-state index in [9.17, 15) is 26.7 Å². The van der Waals surface area contributed by atoms with E-state index in [-0.39, 0.29) is 42.2 Å². The molecule has 11 heteroatoms. The summed E-state index contributed by atoms with van der Waals surface area (Å²) in [6, 6.07) is 9.44. The number of piperidine rings is 1. The SMILES string of the molecule is Cc1cccc(F)c1N1CCC(N2Cc3cn(C(F)C4CC4)nc3N(Cc3ccccc3C(F)(F)F)C2=O)CC1. The maximum absolute atomic E-state index is 15.0. The van der Waals surface area contributed by atoms with E-state index in [4.69, 9.17) is 0 Å². The predicted molar refractivity (Wildman–Crippen MR) is 140 cm³/mol. The molecule has 3 heterocycles. The van der Waals surface area contributed by atoms with Crippen molar-refractivity contribution in [2.45, 2.75) is 64.2 Å². The number of aryl methyl sites for hydroxylation is 1. The monoisotopic (exact) mass is 559 g/mol. The Kier molecular flexibility index (Phi) is 6.70. The Morgan fingerprint density at radius 1 is 1.02 bits per heavy atom. The summed E-state index contributed by atoms with van der Waals surface area (Å²) in [6.07, 6.45) is -1.74. The molecular formula is C29H30F5N5O. The molecule has 2 aliphatic heterocycles. The first-order valence-electron chi connectivity index (χ1n) is 13.6. The topological polar surface area (TPSA) is 44.6 Å². The number of alkyl halides is 4. The number of carbonyl (C=O) groups is 1. The first kappa shape index (κ1) is 26.6. The third-order valence-corrected chi connectivity index (χ3v) is 8.18. The summed E-state index contributed by atoms with van der Waals surface area (Å²) in [4.78, 5) is 18.8. The Morgan fingerprint density at radius 3 is 2.42 bits per heavy atom. The van der Waals surface area contributed by atoms with E-state index in [0.29, 0.717) is 37.2 Å². The van der Waals surface area contributed by atoms with Crippen molar-refractivity contribution < 1.29 is 26.7 Å². The third kappa shape index (κ3) is 4.90. The van der Waals surface area contributed by atoms with Crippen molar-refractivity contribution in [2.24, 2.45) is 5.92 Å². The average molecular weight is 560 g/mol. The van der Waals surface area contributed by atoms with Crippen molar-refractivity contribution in [1.29, 1.82) is 0 Å². The highest BCUT2D eigenvalue weighted by Gasteiger charge is 2.41. The summed E-state index contributed by atoms with van der Waals surface area (Å²) >= 11 is 0. The second-order valence-corrected chi connectivity index (χ2v) is 10.9. The molecule has 2 aromatic carbocycles. The smallest absolute Gasteiger partial charge is 0.369 e. The van der Waals surface area contributed by atoms with Crippen molar-refractivity contribution >= 4 is 17.5 Å². The zero-order valence-corrected chi connectivity index (χ0v) is 22.0. The lowest BCUT2D eigenvalue weighted by Gasteiger charge is -2.43. The lowest BCUT2D eigenvalue weighted by atomic mass is 10.00. The van der Waals surface area contributed by atoms with Crippen LogP contribution in [0.2, 0.25) is 0 Å². The van der Waals surface area contributed by atoms with E-state index in [1.54, 1.807) is 17.2 Å². The minimum atomic E-state index is -4.59. The van der Waals surface area contributed by atoms with Gasteiger partial charge in [-0.1, -0.05) is 30.3 Å². The Morgan fingerprint density at radius 2 is 1.75 bits per heavy atom. The van der Waals surface area contributed by atoms with E-state index in [2.05, 4.69) is 5.10 Å². The van der Waals surface area contributed by atoms with E-state index in [0.717, 1.165) is 24.5 Å². The standard InChI is InChI=1S/C29H30F5N5O/c1-18-5-4-8-24(30)25(18)36-13-11-22(12-14-36)37-16-21-17-39(26(31)19-9-10-19)35-27(21)38(28(37)40)15-20-6-2-3-7-23(20)29(32,33)34/h2-8,17,19,22,26H,9-16H2,1H3. The Balaban J connectivity index is 1.29. The fourth-order valence-corrected chi connectivity index (χ4v) is 5.93. The van der Waals surface area contributed by atoms with E-state index in [1.807, 2.05) is 17.9 Å². The molecule has 3 aromatic rings. The maximum Gasteiger partial charge on any atom is 0.416 e. The van der Waals surface area contributed by atoms with Gasteiger partial charge in [0, 0.05) is 36.8 Å². The van der Waals surface area contributed by atoms with Gasteiger partial charge in [0.05, 0.1) is 24.3 Å². The van der Waals surface area contributed by atoms with Crippen molar-refractivity contribution in [1.82, 2.24) is 14.7 Å². The van der Waals surface area contributed by atoms with Crippen LogP contribution in [0.3, 0.4) is 0 Å². The van der Waals surface area contributed by atoms with E-state index < -0.39 is 24.1 Å². The number of hydrogen-bond acceptors (Lipinski definition) is 3. The fraction of sp³-hybridized carbons (Fsp3) is 0.448. The van der Waals surface area contributed by atoms with Crippen LogP contribution in [0.15, 0.2) is 48.7 Å². The molecular weight excluding hydrogens is 529 g/mol. The fourth-order valence-electron chi connectivity index (χ4n) is 5.93. The number of carbonyl (C=O) groups excluding carboxylic acids is 1. The zero-order valence-electron chi connectivity index (χ0n) is 22.0. The Labute approximate surface area is 229 Å². The zero-order chi connectivity index (χ0) is 28.2. The highest BCUT2D eigenvalue weighted by Crippen LogP contribution is 2.42.